The van der Waals surface area contributed by atoms with E-state index in [2.05, 4.69) is 26.0 Å². The molecule has 0 aromatic heterocycles. The molecule has 2 aromatic rings. The first-order chi connectivity index (χ1) is 12.0. The van der Waals surface area contributed by atoms with E-state index in [4.69, 9.17) is 4.74 Å². The van der Waals surface area contributed by atoms with Crippen LogP contribution in [-0.2, 0) is 14.3 Å². The van der Waals surface area contributed by atoms with Crippen LogP contribution in [0.1, 0.15) is 11.1 Å². The van der Waals surface area contributed by atoms with Crippen molar-refractivity contribution in [1.82, 2.24) is 0 Å². The van der Waals surface area contributed by atoms with E-state index in [-0.39, 0.29) is 12.5 Å². The lowest BCUT2D eigenvalue weighted by Crippen LogP contribution is -2.13. The number of nitrogens with one attached hydrogen (secondary N) is 1. The van der Waals surface area contributed by atoms with E-state index in [9.17, 15) is 9.59 Å². The zero-order chi connectivity index (χ0) is 18.2. The number of benzene rings is 2. The molecule has 0 aliphatic carbocycles. The fourth-order valence-electron chi connectivity index (χ4n) is 2.02. The van der Waals surface area contributed by atoms with E-state index < -0.39 is 5.97 Å². The van der Waals surface area contributed by atoms with Gasteiger partial charge in [-0.3, -0.25) is 4.79 Å². The molecular formula is C19H18BrNO4. The van der Waals surface area contributed by atoms with Crippen molar-refractivity contribution in [1.29, 1.82) is 0 Å². The molecule has 0 aliphatic heterocycles. The minimum Gasteiger partial charge on any atom is -0.482 e. The number of hydrogen-bond acceptors (Lipinski definition) is 4. The Hall–Kier alpha value is -2.60. The number of hydrogen-bond donors (Lipinski definition) is 1. The molecule has 1 amide bonds. The van der Waals surface area contributed by atoms with Crippen LogP contribution >= 0.6 is 15.9 Å². The van der Waals surface area contributed by atoms with Gasteiger partial charge in [0.25, 0.3) is 0 Å². The third kappa shape index (κ3) is 5.76. The average molecular weight is 404 g/mol. The Morgan fingerprint density at radius 1 is 1.20 bits per heavy atom. The molecule has 2 aromatic carbocycles. The van der Waals surface area contributed by atoms with E-state index in [1.807, 2.05) is 31.2 Å². The molecule has 0 aliphatic rings. The van der Waals surface area contributed by atoms with Crippen LogP contribution in [-0.4, -0.2) is 25.6 Å². The first-order valence-electron chi connectivity index (χ1n) is 7.53. The van der Waals surface area contributed by atoms with Crippen molar-refractivity contribution in [3.8, 4) is 5.75 Å². The Morgan fingerprint density at radius 3 is 2.64 bits per heavy atom. The molecular weight excluding hydrogens is 386 g/mol. The van der Waals surface area contributed by atoms with Gasteiger partial charge in [0.15, 0.2) is 6.61 Å². The van der Waals surface area contributed by atoms with E-state index in [0.29, 0.717) is 11.4 Å². The number of esters is 1. The normalized spacial score (nSPS) is 10.5. The second kappa shape index (κ2) is 9.03. The average Bonchev–Trinajstić information content (AvgIpc) is 2.61. The number of carbonyl (C=O) groups excluding carboxylic acids is 2. The number of ether oxygens (including phenoxy) is 2. The molecule has 0 radical (unpaired) electrons. The largest absolute Gasteiger partial charge is 0.482 e. The third-order valence-corrected chi connectivity index (χ3v) is 4.08. The van der Waals surface area contributed by atoms with Crippen molar-refractivity contribution in [3.63, 3.8) is 0 Å². The van der Waals surface area contributed by atoms with Crippen molar-refractivity contribution >= 4 is 39.6 Å². The van der Waals surface area contributed by atoms with Crippen molar-refractivity contribution in [3.05, 3.63) is 64.1 Å². The molecule has 2 rings (SSSR count). The summed E-state index contributed by atoms with van der Waals surface area (Å²) in [7, 11) is 1.30. The first kappa shape index (κ1) is 18.7. The lowest BCUT2D eigenvalue weighted by Gasteiger charge is -2.10. The predicted molar refractivity (Wildman–Crippen MR) is 100 cm³/mol. The summed E-state index contributed by atoms with van der Waals surface area (Å²) in [5.41, 5.74) is 2.41. The van der Waals surface area contributed by atoms with Crippen LogP contribution in [0.3, 0.4) is 0 Å². The summed E-state index contributed by atoms with van der Waals surface area (Å²) < 4.78 is 10.7. The smallest absolute Gasteiger partial charge is 0.343 e. The van der Waals surface area contributed by atoms with Crippen LogP contribution in [0, 0.1) is 6.92 Å². The van der Waals surface area contributed by atoms with Crippen LogP contribution in [0.15, 0.2) is 53.0 Å². The highest BCUT2D eigenvalue weighted by atomic mass is 79.9. The number of methoxy groups -OCH3 is 1. The highest BCUT2D eigenvalue weighted by molar-refractivity contribution is 9.10. The fraction of sp³-hybridized carbons (Fsp3) is 0.158. The van der Waals surface area contributed by atoms with Gasteiger partial charge in [0.1, 0.15) is 5.75 Å². The Labute approximate surface area is 154 Å². The lowest BCUT2D eigenvalue weighted by atomic mass is 10.2. The molecule has 0 fully saturated rings. The number of aryl methyl sites for hydroxylation is 1. The predicted octanol–water partition coefficient (Wildman–Crippen LogP) is 3.96. The summed E-state index contributed by atoms with van der Waals surface area (Å²) in [6, 6.07) is 12.8. The Kier molecular flexibility index (Phi) is 6.77. The van der Waals surface area contributed by atoms with Crippen LogP contribution in [0.5, 0.6) is 5.75 Å². The molecule has 6 heteroatoms. The summed E-state index contributed by atoms with van der Waals surface area (Å²) in [5, 5.41) is 2.81. The van der Waals surface area contributed by atoms with Crippen LogP contribution in [0.25, 0.3) is 6.08 Å². The minimum atomic E-state index is -0.452. The number of amides is 1. The molecule has 130 valence electrons. The monoisotopic (exact) mass is 403 g/mol. The summed E-state index contributed by atoms with van der Waals surface area (Å²) >= 11 is 3.43. The fourth-order valence-corrected chi connectivity index (χ4v) is 2.43. The van der Waals surface area contributed by atoms with E-state index in [0.717, 1.165) is 15.6 Å². The van der Waals surface area contributed by atoms with Gasteiger partial charge in [-0.05, 0) is 48.4 Å². The highest BCUT2D eigenvalue weighted by Crippen LogP contribution is 2.22. The topological polar surface area (TPSA) is 64.6 Å². The molecule has 25 heavy (non-hydrogen) atoms. The molecule has 1 N–H and O–H groups in total. The van der Waals surface area contributed by atoms with Crippen LogP contribution in [0.2, 0.25) is 0 Å². The van der Waals surface area contributed by atoms with Gasteiger partial charge in [-0.1, -0.05) is 34.1 Å². The van der Waals surface area contributed by atoms with Gasteiger partial charge in [-0.25, -0.2) is 4.79 Å². The van der Waals surface area contributed by atoms with Crippen molar-refractivity contribution in [2.45, 2.75) is 6.92 Å². The second-order valence-corrected chi connectivity index (χ2v) is 6.04. The molecule has 5 nitrogen and oxygen atoms in total. The lowest BCUT2D eigenvalue weighted by molar-refractivity contribution is -0.142. The summed E-state index contributed by atoms with van der Waals surface area (Å²) in [6.45, 7) is 1.69. The van der Waals surface area contributed by atoms with Crippen LogP contribution in [0.4, 0.5) is 5.69 Å². The van der Waals surface area contributed by atoms with Crippen molar-refractivity contribution in [2.75, 3.05) is 19.0 Å². The second-order valence-electron chi connectivity index (χ2n) is 5.19. The molecule has 0 unspecified atom stereocenters. The Morgan fingerprint density at radius 2 is 1.96 bits per heavy atom. The maximum atomic E-state index is 12.1. The van der Waals surface area contributed by atoms with E-state index in [1.165, 1.54) is 13.2 Å². The van der Waals surface area contributed by atoms with Crippen molar-refractivity contribution in [2.24, 2.45) is 0 Å². The van der Waals surface area contributed by atoms with E-state index in [1.54, 1.807) is 24.3 Å². The standard InChI is InChI=1S/C19H18BrNO4/c1-13-11-15(25-12-19(23)24-2)8-9-17(13)21-18(22)10-7-14-5-3-4-6-16(14)20/h3-11H,12H2,1-2H3,(H,21,22). The number of anilines is 1. The van der Waals surface area contributed by atoms with Gasteiger partial charge >= 0.3 is 5.97 Å². The first-order valence-corrected chi connectivity index (χ1v) is 8.33. The Balaban J connectivity index is 1.99. The maximum absolute atomic E-state index is 12.1. The van der Waals surface area contributed by atoms with Crippen LogP contribution < -0.4 is 10.1 Å². The number of carbonyl (C=O) groups is 2. The molecule has 0 saturated carbocycles. The quantitative estimate of drug-likeness (QED) is 0.585. The van der Waals surface area contributed by atoms with Gasteiger partial charge in [-0.2, -0.15) is 0 Å². The molecule has 0 atom stereocenters. The molecule has 0 saturated heterocycles. The van der Waals surface area contributed by atoms with Gasteiger partial charge in [-0.15, -0.1) is 0 Å². The zero-order valence-electron chi connectivity index (χ0n) is 13.9. The van der Waals surface area contributed by atoms with Gasteiger partial charge in [0.05, 0.1) is 7.11 Å². The SMILES string of the molecule is COC(=O)COc1ccc(NC(=O)C=Cc2ccccc2Br)c(C)c1. The summed E-state index contributed by atoms with van der Waals surface area (Å²) in [5.74, 6) is -0.154. The molecule has 0 bridgehead atoms. The van der Waals surface area contributed by atoms with Gasteiger partial charge in [0.2, 0.25) is 5.91 Å². The minimum absolute atomic E-state index is 0.156. The number of rotatable bonds is 6. The highest BCUT2D eigenvalue weighted by Gasteiger charge is 2.06. The zero-order valence-corrected chi connectivity index (χ0v) is 15.5. The Bertz CT molecular complexity index is 802. The maximum Gasteiger partial charge on any atom is 0.343 e. The summed E-state index contributed by atoms with van der Waals surface area (Å²) in [4.78, 5) is 23.2. The third-order valence-electron chi connectivity index (χ3n) is 3.36. The molecule has 0 heterocycles. The number of halogens is 1. The van der Waals surface area contributed by atoms with E-state index >= 15 is 0 Å². The molecule has 0 spiro atoms. The van der Waals surface area contributed by atoms with Crippen molar-refractivity contribution < 1.29 is 19.1 Å². The van der Waals surface area contributed by atoms with Gasteiger partial charge < -0.3 is 14.8 Å². The summed E-state index contributed by atoms with van der Waals surface area (Å²) in [6.07, 6.45) is 3.21. The van der Waals surface area contributed by atoms with Gasteiger partial charge in [0, 0.05) is 16.2 Å².